The van der Waals surface area contributed by atoms with Crippen LogP contribution >= 0.6 is 0 Å². The highest BCUT2D eigenvalue weighted by Crippen LogP contribution is 2.18. The number of aliphatic hydroxyl groups is 1. The van der Waals surface area contributed by atoms with E-state index in [4.69, 9.17) is 0 Å². The van der Waals surface area contributed by atoms with E-state index in [0.29, 0.717) is 18.9 Å². The molecule has 2 rings (SSSR count). The van der Waals surface area contributed by atoms with Crippen LogP contribution in [0.5, 0.6) is 0 Å². The van der Waals surface area contributed by atoms with Gasteiger partial charge in [0.25, 0.3) is 0 Å². The van der Waals surface area contributed by atoms with Crippen LogP contribution in [0.3, 0.4) is 0 Å². The minimum atomic E-state index is -0.397. The highest BCUT2D eigenvalue weighted by atomic mass is 16.6. The van der Waals surface area contributed by atoms with E-state index >= 15 is 0 Å². The fourth-order valence-electron chi connectivity index (χ4n) is 2.84. The van der Waals surface area contributed by atoms with E-state index in [9.17, 15) is 15.2 Å². The molecule has 20 heavy (non-hydrogen) atoms. The molecule has 7 nitrogen and oxygen atoms in total. The molecule has 1 unspecified atom stereocenters. The molecule has 0 amide bonds. The van der Waals surface area contributed by atoms with Gasteiger partial charge in [-0.05, 0) is 24.3 Å². The van der Waals surface area contributed by atoms with E-state index in [-0.39, 0.29) is 18.5 Å². The van der Waals surface area contributed by atoms with E-state index in [1.807, 2.05) is 0 Å². The zero-order valence-electron chi connectivity index (χ0n) is 11.9. The van der Waals surface area contributed by atoms with E-state index in [2.05, 4.69) is 9.88 Å². The number of hydrogen-bond donors (Lipinski definition) is 1. The van der Waals surface area contributed by atoms with Gasteiger partial charge in [-0.3, -0.25) is 4.90 Å². The third-order valence-electron chi connectivity index (χ3n) is 4.04. The van der Waals surface area contributed by atoms with Gasteiger partial charge in [0.15, 0.2) is 5.82 Å². The molecule has 1 aliphatic rings. The van der Waals surface area contributed by atoms with E-state index in [0.717, 1.165) is 25.8 Å². The molecular formula is C13H22N4O3. The minimum Gasteiger partial charge on any atom is -0.395 e. The number of aryl methyl sites for hydroxylation is 1. The van der Waals surface area contributed by atoms with E-state index in [1.54, 1.807) is 11.5 Å². The lowest BCUT2D eigenvalue weighted by atomic mass is 10.1. The lowest BCUT2D eigenvalue weighted by Gasteiger charge is -2.27. The Balaban J connectivity index is 2.03. The first-order valence-electron chi connectivity index (χ1n) is 7.15. The van der Waals surface area contributed by atoms with Crippen LogP contribution in [0.1, 0.15) is 31.5 Å². The zero-order valence-corrected chi connectivity index (χ0v) is 11.9. The Morgan fingerprint density at radius 2 is 2.25 bits per heavy atom. The Labute approximate surface area is 118 Å². The molecule has 1 aromatic heterocycles. The maximum Gasteiger partial charge on any atom is 0.342 e. The van der Waals surface area contributed by atoms with Crippen molar-refractivity contribution in [3.05, 3.63) is 22.1 Å². The minimum absolute atomic E-state index is 0.0397. The average Bonchev–Trinajstić information content (AvgIpc) is 2.66. The van der Waals surface area contributed by atoms with Gasteiger partial charge < -0.3 is 15.2 Å². The summed E-state index contributed by atoms with van der Waals surface area (Å²) in [5, 5.41) is 20.4. The molecule has 2 heterocycles. The summed E-state index contributed by atoms with van der Waals surface area (Å²) in [4.78, 5) is 16.8. The smallest absolute Gasteiger partial charge is 0.342 e. The molecule has 1 atom stereocenters. The molecule has 0 radical (unpaired) electrons. The first kappa shape index (κ1) is 14.9. The third kappa shape index (κ3) is 3.34. The first-order chi connectivity index (χ1) is 9.63. The normalized spacial score (nSPS) is 20.8. The number of nitrogens with zero attached hydrogens (tertiary/aromatic N) is 4. The SMILES string of the molecule is Cc1ncc([N+](=O)[O-])n1CCN1CCCCCC1CO. The largest absolute Gasteiger partial charge is 0.395 e. The predicted molar refractivity (Wildman–Crippen MR) is 74.5 cm³/mol. The Bertz CT molecular complexity index is 460. The lowest BCUT2D eigenvalue weighted by Crippen LogP contribution is -2.39. The van der Waals surface area contributed by atoms with Gasteiger partial charge in [0.05, 0.1) is 6.61 Å². The van der Waals surface area contributed by atoms with Gasteiger partial charge in [-0.1, -0.05) is 12.8 Å². The van der Waals surface area contributed by atoms with Gasteiger partial charge >= 0.3 is 5.82 Å². The standard InChI is InChI=1S/C13H22N4O3/c1-11-14-9-13(17(19)20)16(11)8-7-15-6-4-2-3-5-12(15)10-18/h9,12,18H,2-8,10H2,1H3. The van der Waals surface area contributed by atoms with E-state index < -0.39 is 4.92 Å². The van der Waals surface area contributed by atoms with Crippen LogP contribution in [-0.2, 0) is 6.54 Å². The molecule has 1 saturated heterocycles. The Morgan fingerprint density at radius 1 is 1.45 bits per heavy atom. The Morgan fingerprint density at radius 3 is 2.95 bits per heavy atom. The first-order valence-corrected chi connectivity index (χ1v) is 7.15. The number of imidazole rings is 1. The van der Waals surface area contributed by atoms with Crippen molar-refractivity contribution in [3.8, 4) is 0 Å². The van der Waals surface area contributed by atoms with Crippen LogP contribution in [0.15, 0.2) is 6.20 Å². The lowest BCUT2D eigenvalue weighted by molar-refractivity contribution is -0.392. The average molecular weight is 282 g/mol. The van der Waals surface area contributed by atoms with Crippen molar-refractivity contribution in [1.82, 2.24) is 14.5 Å². The molecule has 0 aromatic carbocycles. The van der Waals surface area contributed by atoms with Crippen LogP contribution in [0, 0.1) is 17.0 Å². The second kappa shape index (κ2) is 6.81. The monoisotopic (exact) mass is 282 g/mol. The van der Waals surface area contributed by atoms with Crippen molar-refractivity contribution >= 4 is 5.82 Å². The molecule has 1 N–H and O–H groups in total. The van der Waals surface area contributed by atoms with Gasteiger partial charge in [0, 0.05) is 19.5 Å². The highest BCUT2D eigenvalue weighted by molar-refractivity contribution is 5.18. The number of aromatic nitrogens is 2. The fourth-order valence-corrected chi connectivity index (χ4v) is 2.84. The summed E-state index contributed by atoms with van der Waals surface area (Å²) in [7, 11) is 0. The van der Waals surface area contributed by atoms with Crippen LogP contribution in [-0.4, -0.2) is 50.2 Å². The molecule has 0 spiro atoms. The van der Waals surface area contributed by atoms with Crippen LogP contribution in [0.25, 0.3) is 0 Å². The molecule has 1 fully saturated rings. The maximum absolute atomic E-state index is 11.0. The van der Waals surface area contributed by atoms with E-state index in [1.165, 1.54) is 12.6 Å². The summed E-state index contributed by atoms with van der Waals surface area (Å²) >= 11 is 0. The molecule has 7 heteroatoms. The van der Waals surface area contributed by atoms with Gasteiger partial charge in [0.1, 0.15) is 12.7 Å². The number of rotatable bonds is 5. The molecule has 1 aromatic rings. The van der Waals surface area contributed by atoms with Crippen LogP contribution < -0.4 is 0 Å². The topological polar surface area (TPSA) is 84.4 Å². The summed E-state index contributed by atoms with van der Waals surface area (Å²) in [5.41, 5.74) is 0. The summed E-state index contributed by atoms with van der Waals surface area (Å²) in [6.07, 6.45) is 5.77. The number of nitro groups is 1. The van der Waals surface area contributed by atoms with Gasteiger partial charge in [0.2, 0.25) is 0 Å². The van der Waals surface area contributed by atoms with Crippen molar-refractivity contribution in [2.75, 3.05) is 19.7 Å². The molecule has 0 bridgehead atoms. The van der Waals surface area contributed by atoms with Crippen molar-refractivity contribution in [3.63, 3.8) is 0 Å². The number of aliphatic hydroxyl groups excluding tert-OH is 1. The van der Waals surface area contributed by atoms with Crippen LogP contribution in [0.4, 0.5) is 5.82 Å². The van der Waals surface area contributed by atoms with Crippen molar-refractivity contribution < 1.29 is 10.0 Å². The Kier molecular flexibility index (Phi) is 5.08. The summed E-state index contributed by atoms with van der Waals surface area (Å²) < 4.78 is 1.64. The van der Waals surface area contributed by atoms with Gasteiger partial charge in [-0.15, -0.1) is 0 Å². The van der Waals surface area contributed by atoms with Crippen LogP contribution in [0.2, 0.25) is 0 Å². The second-order valence-corrected chi connectivity index (χ2v) is 5.29. The van der Waals surface area contributed by atoms with Crippen molar-refractivity contribution in [1.29, 1.82) is 0 Å². The zero-order chi connectivity index (χ0) is 14.5. The molecule has 112 valence electrons. The van der Waals surface area contributed by atoms with Crippen molar-refractivity contribution in [2.45, 2.75) is 45.2 Å². The number of hydrogen-bond acceptors (Lipinski definition) is 5. The van der Waals surface area contributed by atoms with Crippen molar-refractivity contribution in [2.24, 2.45) is 0 Å². The highest BCUT2D eigenvalue weighted by Gasteiger charge is 2.23. The van der Waals surface area contributed by atoms with Gasteiger partial charge in [-0.2, -0.15) is 0 Å². The van der Waals surface area contributed by atoms with Gasteiger partial charge in [-0.25, -0.2) is 9.55 Å². The molecular weight excluding hydrogens is 260 g/mol. The molecule has 0 aliphatic carbocycles. The Hall–Kier alpha value is -1.47. The summed E-state index contributed by atoms with van der Waals surface area (Å²) in [6, 6.07) is 0.181. The summed E-state index contributed by atoms with van der Waals surface area (Å²) in [5.74, 6) is 0.699. The quantitative estimate of drug-likeness (QED) is 0.650. The maximum atomic E-state index is 11.0. The summed E-state index contributed by atoms with van der Waals surface area (Å²) in [6.45, 7) is 4.14. The molecule has 0 saturated carbocycles. The molecule has 1 aliphatic heterocycles. The third-order valence-corrected chi connectivity index (χ3v) is 4.04. The predicted octanol–water partition coefficient (Wildman–Crippen LogP) is 1.34. The number of likely N-dealkylation sites (tertiary alicyclic amines) is 1. The second-order valence-electron chi connectivity index (χ2n) is 5.29. The fraction of sp³-hybridized carbons (Fsp3) is 0.769.